The minimum absolute atomic E-state index is 0.0913. The van der Waals surface area contributed by atoms with E-state index in [2.05, 4.69) is 0 Å². The molecular weight excluding hydrogens is 246 g/mol. The molecule has 1 saturated heterocycles. The number of likely N-dealkylation sites (tertiary alicyclic amines) is 1. The molecule has 1 fully saturated rings. The van der Waals surface area contributed by atoms with Gasteiger partial charge in [0.25, 0.3) is 0 Å². The molecule has 0 bridgehead atoms. The van der Waals surface area contributed by atoms with E-state index in [4.69, 9.17) is 9.57 Å². The number of benzene rings is 1. The normalized spacial score (nSPS) is 17.3. The molecule has 0 unspecified atom stereocenters. The van der Waals surface area contributed by atoms with Crippen LogP contribution in [0.25, 0.3) is 0 Å². The first-order chi connectivity index (χ1) is 9.24. The Morgan fingerprint density at radius 1 is 1.21 bits per heavy atom. The van der Waals surface area contributed by atoms with Gasteiger partial charge in [-0.15, -0.1) is 0 Å². The predicted molar refractivity (Wildman–Crippen MR) is 68.5 cm³/mol. The van der Waals surface area contributed by atoms with Crippen molar-refractivity contribution in [3.05, 3.63) is 35.9 Å². The van der Waals surface area contributed by atoms with Crippen LogP contribution in [0.5, 0.6) is 0 Å². The second-order valence-corrected chi connectivity index (χ2v) is 4.77. The number of ether oxygens (including phenoxy) is 1. The first kappa shape index (κ1) is 14.0. The second kappa shape index (κ2) is 6.65. The molecule has 1 heterocycles. The minimum atomic E-state index is -0.401. The predicted octanol–water partition coefficient (Wildman–Crippen LogP) is 1.22. The SMILES string of the molecule is O=C(CO[N+]1(CO)CCCC1)OCc1ccccc1. The number of hydroxylamine groups is 3. The lowest BCUT2D eigenvalue weighted by Crippen LogP contribution is -2.47. The lowest BCUT2D eigenvalue weighted by molar-refractivity contribution is -1.11. The lowest BCUT2D eigenvalue weighted by Gasteiger charge is -2.27. The average molecular weight is 266 g/mol. The van der Waals surface area contributed by atoms with Crippen LogP contribution in [0.15, 0.2) is 30.3 Å². The third kappa shape index (κ3) is 4.02. The maximum Gasteiger partial charge on any atom is 0.338 e. The van der Waals surface area contributed by atoms with Crippen LogP contribution in [0.3, 0.4) is 0 Å². The Morgan fingerprint density at radius 3 is 2.53 bits per heavy atom. The van der Waals surface area contributed by atoms with Gasteiger partial charge in [-0.3, -0.25) is 0 Å². The fourth-order valence-corrected chi connectivity index (χ4v) is 2.19. The smallest absolute Gasteiger partial charge is 0.338 e. The van der Waals surface area contributed by atoms with Crippen molar-refractivity contribution in [3.8, 4) is 0 Å². The molecule has 5 nitrogen and oxygen atoms in total. The summed E-state index contributed by atoms with van der Waals surface area (Å²) in [6, 6.07) is 9.51. The van der Waals surface area contributed by atoms with Crippen LogP contribution < -0.4 is 0 Å². The average Bonchev–Trinajstić information content (AvgIpc) is 2.93. The molecule has 0 aromatic heterocycles. The summed E-state index contributed by atoms with van der Waals surface area (Å²) in [6.45, 7) is 1.55. The highest BCUT2D eigenvalue weighted by atomic mass is 16.7. The van der Waals surface area contributed by atoms with E-state index >= 15 is 0 Å². The summed E-state index contributed by atoms with van der Waals surface area (Å²) in [7, 11) is 0. The van der Waals surface area contributed by atoms with Crippen molar-refractivity contribution in [1.82, 2.24) is 0 Å². The zero-order valence-corrected chi connectivity index (χ0v) is 11.0. The van der Waals surface area contributed by atoms with Crippen LogP contribution in [-0.2, 0) is 21.0 Å². The number of rotatable bonds is 6. The number of hydrogen-bond donors (Lipinski definition) is 1. The highest BCUT2D eigenvalue weighted by molar-refractivity contribution is 5.70. The fourth-order valence-electron chi connectivity index (χ4n) is 2.19. The largest absolute Gasteiger partial charge is 0.459 e. The molecule has 2 rings (SSSR count). The quantitative estimate of drug-likeness (QED) is 0.621. The van der Waals surface area contributed by atoms with Gasteiger partial charge < -0.3 is 9.84 Å². The van der Waals surface area contributed by atoms with E-state index in [0.717, 1.165) is 31.5 Å². The van der Waals surface area contributed by atoms with Crippen molar-refractivity contribution < 1.29 is 24.1 Å². The number of aliphatic hydroxyl groups is 1. The number of carbonyl (C=O) groups excluding carboxylic acids is 1. The Hall–Kier alpha value is -1.43. The van der Waals surface area contributed by atoms with Gasteiger partial charge in [0, 0.05) is 12.8 Å². The molecule has 1 aliphatic heterocycles. The lowest BCUT2D eigenvalue weighted by atomic mass is 10.2. The molecule has 0 aliphatic carbocycles. The Labute approximate surface area is 112 Å². The fraction of sp³-hybridized carbons (Fsp3) is 0.500. The summed E-state index contributed by atoms with van der Waals surface area (Å²) in [6.07, 6.45) is 2.03. The van der Waals surface area contributed by atoms with E-state index in [1.54, 1.807) is 0 Å². The summed E-state index contributed by atoms with van der Waals surface area (Å²) in [5.41, 5.74) is 0.947. The molecule has 0 spiro atoms. The second-order valence-electron chi connectivity index (χ2n) is 4.77. The van der Waals surface area contributed by atoms with Gasteiger partial charge in [0.1, 0.15) is 19.7 Å². The Balaban J connectivity index is 1.72. The first-order valence-corrected chi connectivity index (χ1v) is 6.55. The number of carbonyl (C=O) groups is 1. The van der Waals surface area contributed by atoms with Crippen LogP contribution in [0, 0.1) is 0 Å². The zero-order chi connectivity index (χ0) is 13.6. The van der Waals surface area contributed by atoms with Crippen LogP contribution in [-0.4, -0.2) is 42.1 Å². The van der Waals surface area contributed by atoms with Gasteiger partial charge in [0.2, 0.25) is 13.3 Å². The molecule has 1 N–H and O–H groups in total. The molecule has 0 saturated carbocycles. The monoisotopic (exact) mass is 266 g/mol. The Bertz CT molecular complexity index is 401. The van der Waals surface area contributed by atoms with Gasteiger partial charge in [-0.25, -0.2) is 4.79 Å². The molecule has 5 heteroatoms. The molecule has 0 amide bonds. The molecule has 1 aliphatic rings. The van der Waals surface area contributed by atoms with Gasteiger partial charge in [0.05, 0.1) is 0 Å². The molecule has 0 atom stereocenters. The van der Waals surface area contributed by atoms with Crippen LogP contribution in [0.4, 0.5) is 0 Å². The zero-order valence-electron chi connectivity index (χ0n) is 11.0. The van der Waals surface area contributed by atoms with Gasteiger partial charge in [0.15, 0.2) is 0 Å². The van der Waals surface area contributed by atoms with E-state index in [1.807, 2.05) is 30.3 Å². The van der Waals surface area contributed by atoms with Gasteiger partial charge in [-0.05, 0) is 5.56 Å². The molecule has 104 valence electrons. The Kier molecular flexibility index (Phi) is 4.90. The maximum atomic E-state index is 11.6. The van der Waals surface area contributed by atoms with Crippen molar-refractivity contribution in [1.29, 1.82) is 0 Å². The van der Waals surface area contributed by atoms with E-state index in [0.29, 0.717) is 0 Å². The van der Waals surface area contributed by atoms with Gasteiger partial charge in [-0.2, -0.15) is 9.48 Å². The van der Waals surface area contributed by atoms with Crippen molar-refractivity contribution in [2.75, 3.05) is 26.4 Å². The minimum Gasteiger partial charge on any atom is -0.459 e. The van der Waals surface area contributed by atoms with Crippen molar-refractivity contribution in [3.63, 3.8) is 0 Å². The number of quaternary nitrogens is 1. The molecular formula is C14H20NO4+. The summed E-state index contributed by atoms with van der Waals surface area (Å²) < 4.78 is 5.28. The third-order valence-corrected chi connectivity index (χ3v) is 3.34. The molecule has 1 aromatic carbocycles. The summed E-state index contributed by atoms with van der Waals surface area (Å²) >= 11 is 0. The number of aliphatic hydroxyl groups excluding tert-OH is 1. The highest BCUT2D eigenvalue weighted by Gasteiger charge is 2.34. The summed E-state index contributed by atoms with van der Waals surface area (Å²) in [4.78, 5) is 17.1. The van der Waals surface area contributed by atoms with Gasteiger partial charge >= 0.3 is 5.97 Å². The first-order valence-electron chi connectivity index (χ1n) is 6.55. The molecule has 0 radical (unpaired) electrons. The number of nitrogens with zero attached hydrogens (tertiary/aromatic N) is 1. The number of hydrogen-bond acceptors (Lipinski definition) is 4. The summed E-state index contributed by atoms with van der Waals surface area (Å²) in [5.74, 6) is -0.401. The van der Waals surface area contributed by atoms with Crippen LogP contribution >= 0.6 is 0 Å². The van der Waals surface area contributed by atoms with Crippen LogP contribution in [0.2, 0.25) is 0 Å². The van der Waals surface area contributed by atoms with E-state index in [9.17, 15) is 9.90 Å². The number of esters is 1. The van der Waals surface area contributed by atoms with E-state index in [1.165, 1.54) is 0 Å². The van der Waals surface area contributed by atoms with Crippen molar-refractivity contribution in [2.45, 2.75) is 19.4 Å². The molecule has 19 heavy (non-hydrogen) atoms. The van der Waals surface area contributed by atoms with E-state index < -0.39 is 5.97 Å². The standard InChI is InChI=1S/C14H20NO4/c16-12-15(8-4-5-9-15)19-11-14(17)18-10-13-6-2-1-3-7-13/h1-3,6-7,16H,4-5,8-12H2/q+1. The molecule has 1 aromatic rings. The maximum absolute atomic E-state index is 11.6. The van der Waals surface area contributed by atoms with Crippen molar-refractivity contribution in [2.24, 2.45) is 0 Å². The third-order valence-electron chi connectivity index (χ3n) is 3.34. The van der Waals surface area contributed by atoms with Crippen molar-refractivity contribution >= 4 is 5.97 Å². The highest BCUT2D eigenvalue weighted by Crippen LogP contribution is 2.19. The Morgan fingerprint density at radius 2 is 1.89 bits per heavy atom. The van der Waals surface area contributed by atoms with Gasteiger partial charge in [-0.1, -0.05) is 30.3 Å². The summed E-state index contributed by atoms with van der Waals surface area (Å²) in [5, 5.41) is 9.33. The topological polar surface area (TPSA) is 55.8 Å². The van der Waals surface area contributed by atoms with E-state index in [-0.39, 0.29) is 24.6 Å². The van der Waals surface area contributed by atoms with Crippen LogP contribution in [0.1, 0.15) is 18.4 Å².